The summed E-state index contributed by atoms with van der Waals surface area (Å²) in [6, 6.07) is 0. The molecule has 0 amide bonds. The van der Waals surface area contributed by atoms with E-state index in [1.807, 2.05) is 20.8 Å². The van der Waals surface area contributed by atoms with Crippen LogP contribution >= 0.6 is 0 Å². The Labute approximate surface area is 131 Å². The van der Waals surface area contributed by atoms with Crippen LogP contribution in [0.15, 0.2) is 0 Å². The van der Waals surface area contributed by atoms with Crippen LogP contribution in [-0.2, 0) is 14.3 Å². The molecule has 0 aliphatic rings. The van der Waals surface area contributed by atoms with Crippen molar-refractivity contribution in [2.45, 2.75) is 97.7 Å². The number of esters is 1. The molecule has 3 nitrogen and oxygen atoms in total. The van der Waals surface area contributed by atoms with Gasteiger partial charge in [-0.3, -0.25) is 4.79 Å². The lowest BCUT2D eigenvalue weighted by Crippen LogP contribution is -2.30. The maximum absolute atomic E-state index is 12.1. The lowest BCUT2D eigenvalue weighted by molar-refractivity contribution is -0.161. The van der Waals surface area contributed by atoms with Crippen LogP contribution in [0.3, 0.4) is 0 Å². The first-order valence-electron chi connectivity index (χ1n) is 8.41. The van der Waals surface area contributed by atoms with Crippen molar-refractivity contribution in [3.05, 3.63) is 0 Å². The zero-order valence-electron chi connectivity index (χ0n) is 15.3. The van der Waals surface area contributed by atoms with Crippen LogP contribution in [0.5, 0.6) is 0 Å². The minimum Gasteiger partial charge on any atom is -0.459 e. The second-order valence-corrected chi connectivity index (χ2v) is 7.39. The molecule has 0 rings (SSSR count). The number of hydrogen-bond donors (Lipinski definition) is 0. The summed E-state index contributed by atoms with van der Waals surface area (Å²) in [5.74, 6) is -0.0707. The lowest BCUT2D eigenvalue weighted by Gasteiger charge is -2.27. The Hall–Kier alpha value is -0.570. The maximum Gasteiger partial charge on any atom is 0.309 e. The largest absolute Gasteiger partial charge is 0.459 e. The highest BCUT2D eigenvalue weighted by Crippen LogP contribution is 2.23. The molecule has 0 heterocycles. The molecule has 0 radical (unpaired) electrons. The summed E-state index contributed by atoms with van der Waals surface area (Å²) in [4.78, 5) is 12.1. The van der Waals surface area contributed by atoms with Crippen LogP contribution in [-0.4, -0.2) is 24.3 Å². The molecule has 0 spiro atoms. The third kappa shape index (κ3) is 9.89. The smallest absolute Gasteiger partial charge is 0.309 e. The topological polar surface area (TPSA) is 35.5 Å². The minimum absolute atomic E-state index is 0.0171. The van der Waals surface area contributed by atoms with Crippen molar-refractivity contribution in [3.63, 3.8) is 0 Å². The SMILES string of the molecule is CCCCC(C)(C)OC(=O)C(C)CCCCC(C)(C)OC. The highest BCUT2D eigenvalue weighted by Gasteiger charge is 2.25. The molecule has 1 atom stereocenters. The number of carbonyl (C=O) groups excluding carboxylic acids is 1. The van der Waals surface area contributed by atoms with Gasteiger partial charge in [-0.25, -0.2) is 0 Å². The summed E-state index contributed by atoms with van der Waals surface area (Å²) in [5.41, 5.74) is -0.398. The van der Waals surface area contributed by atoms with Gasteiger partial charge in [0.1, 0.15) is 5.60 Å². The first-order chi connectivity index (χ1) is 9.63. The van der Waals surface area contributed by atoms with E-state index in [0.717, 1.165) is 44.9 Å². The molecule has 0 bridgehead atoms. The standard InChI is InChI=1S/C18H36O3/c1-8-9-13-18(5,6)21-16(19)15(2)12-10-11-14-17(3,4)20-7/h15H,8-14H2,1-7H3. The van der Waals surface area contributed by atoms with Crippen LogP contribution in [0, 0.1) is 5.92 Å². The van der Waals surface area contributed by atoms with Crippen LogP contribution in [0.1, 0.15) is 86.5 Å². The van der Waals surface area contributed by atoms with Gasteiger partial charge in [0.25, 0.3) is 0 Å². The van der Waals surface area contributed by atoms with E-state index < -0.39 is 0 Å². The summed E-state index contributed by atoms with van der Waals surface area (Å²) < 4.78 is 11.1. The third-order valence-corrected chi connectivity index (χ3v) is 4.13. The Kier molecular flexibility index (Phi) is 9.19. The second kappa shape index (κ2) is 9.45. The summed E-state index contributed by atoms with van der Waals surface area (Å²) in [5, 5.41) is 0. The number of methoxy groups -OCH3 is 1. The predicted octanol–water partition coefficient (Wildman–Crippen LogP) is 5.12. The molecule has 0 aliphatic heterocycles. The molecule has 0 fully saturated rings. The minimum atomic E-state index is -0.334. The summed E-state index contributed by atoms with van der Waals surface area (Å²) in [7, 11) is 1.75. The zero-order chi connectivity index (χ0) is 16.5. The van der Waals surface area contributed by atoms with E-state index in [-0.39, 0.29) is 23.1 Å². The average Bonchev–Trinajstić information content (AvgIpc) is 2.40. The monoisotopic (exact) mass is 300 g/mol. The molecular weight excluding hydrogens is 264 g/mol. The van der Waals surface area contributed by atoms with Crippen LogP contribution in [0.2, 0.25) is 0 Å². The number of unbranched alkanes of at least 4 members (excludes halogenated alkanes) is 2. The molecule has 0 aromatic carbocycles. The van der Waals surface area contributed by atoms with Crippen LogP contribution < -0.4 is 0 Å². The van der Waals surface area contributed by atoms with Gasteiger partial charge >= 0.3 is 5.97 Å². The molecule has 0 aromatic heterocycles. The molecule has 0 saturated heterocycles. The Morgan fingerprint density at radius 1 is 1.00 bits per heavy atom. The molecule has 0 aliphatic carbocycles. The molecule has 1 unspecified atom stereocenters. The van der Waals surface area contributed by atoms with Gasteiger partial charge in [-0.05, 0) is 53.4 Å². The highest BCUT2D eigenvalue weighted by atomic mass is 16.6. The number of ether oxygens (including phenoxy) is 2. The molecule has 3 heteroatoms. The molecule has 0 saturated carbocycles. The van der Waals surface area contributed by atoms with Crippen molar-refractivity contribution in [2.75, 3.05) is 7.11 Å². The average molecular weight is 300 g/mol. The van der Waals surface area contributed by atoms with Gasteiger partial charge in [-0.15, -0.1) is 0 Å². The van der Waals surface area contributed by atoms with Gasteiger partial charge in [0.2, 0.25) is 0 Å². The van der Waals surface area contributed by atoms with Gasteiger partial charge in [0.15, 0.2) is 0 Å². The number of hydrogen-bond acceptors (Lipinski definition) is 3. The van der Waals surface area contributed by atoms with Gasteiger partial charge in [0.05, 0.1) is 11.5 Å². The first kappa shape index (κ1) is 20.4. The van der Waals surface area contributed by atoms with Crippen molar-refractivity contribution >= 4 is 5.97 Å². The van der Waals surface area contributed by atoms with E-state index in [1.54, 1.807) is 7.11 Å². The van der Waals surface area contributed by atoms with Gasteiger partial charge in [0, 0.05) is 7.11 Å². The van der Waals surface area contributed by atoms with Crippen molar-refractivity contribution in [3.8, 4) is 0 Å². The Bertz CT molecular complexity index is 295. The van der Waals surface area contributed by atoms with Crippen molar-refractivity contribution < 1.29 is 14.3 Å². The van der Waals surface area contributed by atoms with E-state index in [1.165, 1.54) is 0 Å². The predicted molar refractivity (Wildman–Crippen MR) is 88.4 cm³/mol. The first-order valence-corrected chi connectivity index (χ1v) is 8.41. The lowest BCUT2D eigenvalue weighted by atomic mass is 9.96. The van der Waals surface area contributed by atoms with Gasteiger partial charge in [-0.1, -0.05) is 33.1 Å². The van der Waals surface area contributed by atoms with Crippen molar-refractivity contribution in [1.29, 1.82) is 0 Å². The van der Waals surface area contributed by atoms with E-state index in [4.69, 9.17) is 9.47 Å². The van der Waals surface area contributed by atoms with E-state index in [9.17, 15) is 4.79 Å². The van der Waals surface area contributed by atoms with Gasteiger partial charge < -0.3 is 9.47 Å². The van der Waals surface area contributed by atoms with E-state index in [0.29, 0.717) is 0 Å². The Morgan fingerprint density at radius 3 is 2.10 bits per heavy atom. The maximum atomic E-state index is 12.1. The fraction of sp³-hybridized carbons (Fsp3) is 0.944. The van der Waals surface area contributed by atoms with Crippen molar-refractivity contribution in [1.82, 2.24) is 0 Å². The zero-order valence-corrected chi connectivity index (χ0v) is 15.3. The fourth-order valence-electron chi connectivity index (χ4n) is 2.25. The van der Waals surface area contributed by atoms with Crippen LogP contribution in [0.25, 0.3) is 0 Å². The molecular formula is C18H36O3. The third-order valence-electron chi connectivity index (χ3n) is 4.13. The second-order valence-electron chi connectivity index (χ2n) is 7.39. The molecule has 126 valence electrons. The quantitative estimate of drug-likeness (QED) is 0.392. The van der Waals surface area contributed by atoms with Crippen LogP contribution in [0.4, 0.5) is 0 Å². The molecule has 21 heavy (non-hydrogen) atoms. The highest BCUT2D eigenvalue weighted by molar-refractivity contribution is 5.72. The summed E-state index contributed by atoms with van der Waals surface area (Å²) >= 11 is 0. The number of carbonyl (C=O) groups is 1. The number of rotatable bonds is 11. The molecule has 0 aromatic rings. The Morgan fingerprint density at radius 2 is 1.57 bits per heavy atom. The summed E-state index contributed by atoms with van der Waals surface area (Å²) in [6.07, 6.45) is 7.20. The van der Waals surface area contributed by atoms with E-state index in [2.05, 4.69) is 20.8 Å². The van der Waals surface area contributed by atoms with Crippen molar-refractivity contribution in [2.24, 2.45) is 5.92 Å². The summed E-state index contributed by atoms with van der Waals surface area (Å²) in [6.45, 7) is 12.3. The molecule has 0 N–H and O–H groups in total. The normalized spacial score (nSPS) is 14.0. The Balaban J connectivity index is 4.00. The fourth-order valence-corrected chi connectivity index (χ4v) is 2.25. The van der Waals surface area contributed by atoms with E-state index >= 15 is 0 Å². The van der Waals surface area contributed by atoms with Gasteiger partial charge in [-0.2, -0.15) is 0 Å².